The zero-order valence-corrected chi connectivity index (χ0v) is 19.3. The van der Waals surface area contributed by atoms with E-state index in [0.717, 1.165) is 42.5 Å². The molecule has 6 nitrogen and oxygen atoms in total. The summed E-state index contributed by atoms with van der Waals surface area (Å²) in [4.78, 5) is 29.5. The third-order valence-corrected chi connectivity index (χ3v) is 6.51. The standard InChI is InChI=1S/C24H31N3O3S/c1-4-26(18(2)19-7-6-10-22(16-19)30-3)17-23(28)25-21-9-5-8-20(15-21)24(29)27-11-13-31-14-12-27/h5-10,15-16,18H,4,11-14,17H2,1-3H3,(H,25,28). The predicted octanol–water partition coefficient (Wildman–Crippen LogP) is 3.91. The molecule has 0 bridgehead atoms. The zero-order valence-electron chi connectivity index (χ0n) is 18.5. The molecule has 2 aromatic carbocycles. The minimum atomic E-state index is -0.101. The maximum Gasteiger partial charge on any atom is 0.253 e. The summed E-state index contributed by atoms with van der Waals surface area (Å²) < 4.78 is 5.32. The lowest BCUT2D eigenvalue weighted by Gasteiger charge is -2.28. The molecule has 1 atom stereocenters. The number of methoxy groups -OCH3 is 1. The van der Waals surface area contributed by atoms with Crippen LogP contribution in [0.3, 0.4) is 0 Å². The molecule has 1 aliphatic heterocycles. The largest absolute Gasteiger partial charge is 0.497 e. The number of nitrogens with zero attached hydrogens (tertiary/aromatic N) is 2. The Hall–Kier alpha value is -2.51. The van der Waals surface area contributed by atoms with Crippen LogP contribution in [0.1, 0.15) is 35.8 Å². The van der Waals surface area contributed by atoms with Crippen LogP contribution in [0.25, 0.3) is 0 Å². The first-order valence-corrected chi connectivity index (χ1v) is 11.8. The van der Waals surface area contributed by atoms with Gasteiger partial charge in [-0.05, 0) is 49.4 Å². The minimum absolute atomic E-state index is 0.0261. The van der Waals surface area contributed by atoms with Gasteiger partial charge in [0.2, 0.25) is 5.91 Å². The molecule has 166 valence electrons. The van der Waals surface area contributed by atoms with Crippen LogP contribution in [0.5, 0.6) is 5.75 Å². The molecule has 1 N–H and O–H groups in total. The Morgan fingerprint density at radius 1 is 1.16 bits per heavy atom. The van der Waals surface area contributed by atoms with Crippen LogP contribution in [0.15, 0.2) is 48.5 Å². The van der Waals surface area contributed by atoms with Crippen molar-refractivity contribution >= 4 is 29.3 Å². The first-order chi connectivity index (χ1) is 15.0. The van der Waals surface area contributed by atoms with Crippen molar-refractivity contribution in [1.29, 1.82) is 0 Å². The van der Waals surface area contributed by atoms with E-state index in [9.17, 15) is 9.59 Å². The van der Waals surface area contributed by atoms with Gasteiger partial charge in [0.15, 0.2) is 0 Å². The van der Waals surface area contributed by atoms with Crippen LogP contribution >= 0.6 is 11.8 Å². The van der Waals surface area contributed by atoms with Gasteiger partial charge < -0.3 is 15.0 Å². The summed E-state index contributed by atoms with van der Waals surface area (Å²) in [5.41, 5.74) is 2.36. The summed E-state index contributed by atoms with van der Waals surface area (Å²) in [5, 5.41) is 2.95. The zero-order chi connectivity index (χ0) is 22.2. The Morgan fingerprint density at radius 2 is 1.90 bits per heavy atom. The van der Waals surface area contributed by atoms with E-state index in [1.54, 1.807) is 13.2 Å². The Labute approximate surface area is 188 Å². The van der Waals surface area contributed by atoms with Gasteiger partial charge in [-0.2, -0.15) is 11.8 Å². The molecule has 0 aromatic heterocycles. The van der Waals surface area contributed by atoms with Crippen molar-refractivity contribution in [3.8, 4) is 5.75 Å². The lowest BCUT2D eigenvalue weighted by molar-refractivity contribution is -0.117. The monoisotopic (exact) mass is 441 g/mol. The number of hydrogen-bond donors (Lipinski definition) is 1. The summed E-state index contributed by atoms with van der Waals surface area (Å²) in [5.74, 6) is 2.67. The van der Waals surface area contributed by atoms with Crippen molar-refractivity contribution in [1.82, 2.24) is 9.80 Å². The molecule has 3 rings (SSSR count). The predicted molar refractivity (Wildman–Crippen MR) is 127 cm³/mol. The van der Waals surface area contributed by atoms with E-state index in [-0.39, 0.29) is 24.4 Å². The van der Waals surface area contributed by atoms with E-state index < -0.39 is 0 Å². The highest BCUT2D eigenvalue weighted by molar-refractivity contribution is 7.99. The molecule has 1 fully saturated rings. The van der Waals surface area contributed by atoms with Gasteiger partial charge in [-0.1, -0.05) is 25.1 Å². The van der Waals surface area contributed by atoms with Gasteiger partial charge >= 0.3 is 0 Å². The molecular weight excluding hydrogens is 410 g/mol. The summed E-state index contributed by atoms with van der Waals surface area (Å²) in [6.07, 6.45) is 0. The van der Waals surface area contributed by atoms with E-state index in [1.807, 2.05) is 66.1 Å². The lowest BCUT2D eigenvalue weighted by atomic mass is 10.1. The van der Waals surface area contributed by atoms with Crippen molar-refractivity contribution in [2.75, 3.05) is 50.1 Å². The number of thioether (sulfide) groups is 1. The van der Waals surface area contributed by atoms with Gasteiger partial charge in [-0.25, -0.2) is 0 Å². The van der Waals surface area contributed by atoms with E-state index >= 15 is 0 Å². The van der Waals surface area contributed by atoms with Gasteiger partial charge in [0, 0.05) is 41.9 Å². The molecule has 7 heteroatoms. The van der Waals surface area contributed by atoms with Crippen molar-refractivity contribution in [2.45, 2.75) is 19.9 Å². The van der Waals surface area contributed by atoms with Crippen LogP contribution in [-0.2, 0) is 4.79 Å². The molecule has 0 radical (unpaired) electrons. The smallest absolute Gasteiger partial charge is 0.253 e. The molecule has 31 heavy (non-hydrogen) atoms. The summed E-state index contributed by atoms with van der Waals surface area (Å²) in [6, 6.07) is 15.2. The van der Waals surface area contributed by atoms with Gasteiger partial charge in [0.1, 0.15) is 5.75 Å². The molecule has 1 heterocycles. The average molecular weight is 442 g/mol. The number of benzene rings is 2. The van der Waals surface area contributed by atoms with Crippen molar-refractivity contribution < 1.29 is 14.3 Å². The third kappa shape index (κ3) is 6.24. The molecule has 1 unspecified atom stereocenters. The van der Waals surface area contributed by atoms with Crippen molar-refractivity contribution in [3.05, 3.63) is 59.7 Å². The van der Waals surface area contributed by atoms with Gasteiger partial charge in [0.25, 0.3) is 5.91 Å². The van der Waals surface area contributed by atoms with Crippen LogP contribution in [0.2, 0.25) is 0 Å². The van der Waals surface area contributed by atoms with Crippen LogP contribution in [0.4, 0.5) is 5.69 Å². The molecule has 0 aliphatic carbocycles. The minimum Gasteiger partial charge on any atom is -0.497 e. The second kappa shape index (κ2) is 11.2. The summed E-state index contributed by atoms with van der Waals surface area (Å²) in [7, 11) is 1.65. The lowest BCUT2D eigenvalue weighted by Crippen LogP contribution is -2.38. The number of hydrogen-bond acceptors (Lipinski definition) is 5. The fourth-order valence-corrected chi connectivity index (χ4v) is 4.60. The molecule has 1 saturated heterocycles. The van der Waals surface area contributed by atoms with Crippen LogP contribution in [0, 0.1) is 0 Å². The summed E-state index contributed by atoms with van der Waals surface area (Å²) in [6.45, 7) is 6.66. The second-order valence-electron chi connectivity index (χ2n) is 7.55. The van der Waals surface area contributed by atoms with Crippen LogP contribution in [-0.4, -0.2) is 66.4 Å². The summed E-state index contributed by atoms with van der Waals surface area (Å²) >= 11 is 1.87. The number of rotatable bonds is 8. The van der Waals surface area contributed by atoms with Crippen LogP contribution < -0.4 is 10.1 Å². The van der Waals surface area contributed by atoms with Crippen molar-refractivity contribution in [2.24, 2.45) is 0 Å². The molecular formula is C24H31N3O3S. The van der Waals surface area contributed by atoms with E-state index in [1.165, 1.54) is 0 Å². The number of carbonyl (C=O) groups excluding carboxylic acids is 2. The number of nitrogens with one attached hydrogen (secondary N) is 1. The molecule has 2 aromatic rings. The highest BCUT2D eigenvalue weighted by atomic mass is 32.2. The molecule has 0 saturated carbocycles. The third-order valence-electron chi connectivity index (χ3n) is 5.57. The number of anilines is 1. The molecule has 1 aliphatic rings. The Balaban J connectivity index is 1.63. The fourth-order valence-electron chi connectivity index (χ4n) is 3.70. The SMILES string of the molecule is CCN(CC(=O)Nc1cccc(C(=O)N2CCSCC2)c1)C(C)c1cccc(OC)c1. The normalized spacial score (nSPS) is 14.9. The number of likely N-dealkylation sites (N-methyl/N-ethyl adjacent to an activating group) is 1. The van der Waals surface area contributed by atoms with Gasteiger partial charge in [-0.15, -0.1) is 0 Å². The number of amides is 2. The number of carbonyl (C=O) groups is 2. The van der Waals surface area contributed by atoms with E-state index in [0.29, 0.717) is 11.3 Å². The maximum atomic E-state index is 12.7. The Bertz CT molecular complexity index is 899. The van der Waals surface area contributed by atoms with E-state index in [2.05, 4.69) is 17.1 Å². The molecule has 2 amide bonds. The quantitative estimate of drug-likeness (QED) is 0.673. The average Bonchev–Trinajstić information content (AvgIpc) is 2.82. The topological polar surface area (TPSA) is 61.9 Å². The fraction of sp³-hybridized carbons (Fsp3) is 0.417. The Kier molecular flexibility index (Phi) is 8.37. The van der Waals surface area contributed by atoms with Gasteiger partial charge in [-0.3, -0.25) is 14.5 Å². The second-order valence-corrected chi connectivity index (χ2v) is 8.77. The maximum absolute atomic E-state index is 12.7. The van der Waals surface area contributed by atoms with Gasteiger partial charge in [0.05, 0.1) is 13.7 Å². The first kappa shape index (κ1) is 23.2. The highest BCUT2D eigenvalue weighted by Crippen LogP contribution is 2.24. The first-order valence-electron chi connectivity index (χ1n) is 10.7. The Morgan fingerprint density at radius 3 is 2.61 bits per heavy atom. The van der Waals surface area contributed by atoms with Crippen molar-refractivity contribution in [3.63, 3.8) is 0 Å². The highest BCUT2D eigenvalue weighted by Gasteiger charge is 2.20. The van der Waals surface area contributed by atoms with E-state index in [4.69, 9.17) is 4.74 Å². The number of ether oxygens (including phenoxy) is 1. The molecule has 0 spiro atoms.